The number of amides is 1. The minimum absolute atomic E-state index is 0.0124. The predicted octanol–water partition coefficient (Wildman–Crippen LogP) is 2.06. The second-order valence-electron chi connectivity index (χ2n) is 4.60. The topological polar surface area (TPSA) is 46.6 Å². The smallest absolute Gasteiger partial charge is 0.260 e. The number of hydrogen-bond donors (Lipinski definition) is 0. The van der Waals surface area contributed by atoms with Crippen molar-refractivity contribution in [2.75, 3.05) is 19.7 Å². The van der Waals surface area contributed by atoms with Gasteiger partial charge in [0.25, 0.3) is 5.91 Å². The number of nitrogens with zero attached hydrogens (tertiary/aromatic N) is 1. The van der Waals surface area contributed by atoms with Crippen molar-refractivity contribution in [1.29, 1.82) is 0 Å². The number of likely N-dealkylation sites (N-methyl/N-ethyl adjacent to an activating group) is 1. The Bertz CT molecular complexity index is 492. The molecular formula is C15H19NO3. The van der Waals surface area contributed by atoms with Gasteiger partial charge in [0.15, 0.2) is 12.4 Å². The molecule has 1 aliphatic rings. The van der Waals surface area contributed by atoms with Crippen LogP contribution in [-0.4, -0.2) is 36.3 Å². The van der Waals surface area contributed by atoms with E-state index in [0.717, 1.165) is 17.5 Å². The molecule has 0 heterocycles. The molecular weight excluding hydrogens is 242 g/mol. The van der Waals surface area contributed by atoms with Gasteiger partial charge in [0.2, 0.25) is 0 Å². The lowest BCUT2D eigenvalue weighted by atomic mass is 10.1. The van der Waals surface area contributed by atoms with Gasteiger partial charge >= 0.3 is 0 Å². The van der Waals surface area contributed by atoms with E-state index in [1.807, 2.05) is 19.9 Å². The molecule has 1 aromatic rings. The van der Waals surface area contributed by atoms with Crippen LogP contribution in [0.2, 0.25) is 0 Å². The number of fused-ring (bicyclic) bond motifs is 1. The number of hydrogen-bond acceptors (Lipinski definition) is 3. The molecule has 2 rings (SSSR count). The van der Waals surface area contributed by atoms with E-state index in [-0.39, 0.29) is 18.3 Å². The van der Waals surface area contributed by atoms with Crippen molar-refractivity contribution in [2.24, 2.45) is 0 Å². The summed E-state index contributed by atoms with van der Waals surface area (Å²) >= 11 is 0. The Kier molecular flexibility index (Phi) is 4.20. The molecule has 0 atom stereocenters. The van der Waals surface area contributed by atoms with Gasteiger partial charge in [-0.1, -0.05) is 0 Å². The molecule has 0 aliphatic heterocycles. The zero-order valence-electron chi connectivity index (χ0n) is 11.4. The summed E-state index contributed by atoms with van der Waals surface area (Å²) in [5, 5.41) is 0. The van der Waals surface area contributed by atoms with Gasteiger partial charge in [-0.25, -0.2) is 0 Å². The van der Waals surface area contributed by atoms with Crippen molar-refractivity contribution in [3.05, 3.63) is 29.3 Å². The lowest BCUT2D eigenvalue weighted by Crippen LogP contribution is -2.34. The Hall–Kier alpha value is -1.84. The van der Waals surface area contributed by atoms with Crippen molar-refractivity contribution in [2.45, 2.75) is 26.7 Å². The van der Waals surface area contributed by atoms with Crippen LogP contribution in [0.15, 0.2) is 18.2 Å². The number of Topliss-reactive ketones (excluding diaryl/α,β-unsaturated/α-hetero) is 1. The average Bonchev–Trinajstić information content (AvgIpc) is 2.79. The number of carbonyl (C=O) groups is 2. The van der Waals surface area contributed by atoms with E-state index in [2.05, 4.69) is 0 Å². The summed E-state index contributed by atoms with van der Waals surface area (Å²) in [4.78, 5) is 25.1. The molecule has 0 aromatic heterocycles. The van der Waals surface area contributed by atoms with Crippen LogP contribution in [0, 0.1) is 0 Å². The zero-order chi connectivity index (χ0) is 13.8. The molecule has 0 N–H and O–H groups in total. The summed E-state index contributed by atoms with van der Waals surface area (Å²) in [5.74, 6) is 0.844. The lowest BCUT2D eigenvalue weighted by molar-refractivity contribution is -0.132. The summed E-state index contributed by atoms with van der Waals surface area (Å²) in [7, 11) is 0. The van der Waals surface area contributed by atoms with Gasteiger partial charge in [-0.3, -0.25) is 9.59 Å². The molecule has 0 radical (unpaired) electrons. The molecule has 0 spiro atoms. The van der Waals surface area contributed by atoms with Crippen molar-refractivity contribution in [3.8, 4) is 5.75 Å². The van der Waals surface area contributed by atoms with Crippen LogP contribution in [-0.2, 0) is 11.2 Å². The van der Waals surface area contributed by atoms with Crippen molar-refractivity contribution in [1.82, 2.24) is 4.90 Å². The number of rotatable bonds is 5. The second kappa shape index (κ2) is 5.87. The molecule has 4 heteroatoms. The summed E-state index contributed by atoms with van der Waals surface area (Å²) in [6.45, 7) is 5.33. The third-order valence-corrected chi connectivity index (χ3v) is 3.48. The predicted molar refractivity (Wildman–Crippen MR) is 72.5 cm³/mol. The van der Waals surface area contributed by atoms with Gasteiger partial charge in [-0.05, 0) is 44.0 Å². The zero-order valence-corrected chi connectivity index (χ0v) is 11.4. The summed E-state index contributed by atoms with van der Waals surface area (Å²) in [6, 6.07) is 5.43. The fraction of sp³-hybridized carbons (Fsp3) is 0.467. The Morgan fingerprint density at radius 1 is 1.26 bits per heavy atom. The molecule has 1 aliphatic carbocycles. The highest BCUT2D eigenvalue weighted by Gasteiger charge is 2.19. The Labute approximate surface area is 113 Å². The van der Waals surface area contributed by atoms with E-state index in [4.69, 9.17) is 4.74 Å². The average molecular weight is 261 g/mol. The molecule has 0 saturated carbocycles. The fourth-order valence-corrected chi connectivity index (χ4v) is 2.33. The monoisotopic (exact) mass is 261 g/mol. The largest absolute Gasteiger partial charge is 0.484 e. The first-order chi connectivity index (χ1) is 9.15. The van der Waals surface area contributed by atoms with Crippen LogP contribution in [0.25, 0.3) is 0 Å². The van der Waals surface area contributed by atoms with E-state index in [0.29, 0.717) is 25.3 Å². The van der Waals surface area contributed by atoms with Crippen LogP contribution < -0.4 is 4.74 Å². The van der Waals surface area contributed by atoms with E-state index in [9.17, 15) is 9.59 Å². The molecule has 0 unspecified atom stereocenters. The maximum absolute atomic E-state index is 11.8. The number of ether oxygens (including phenoxy) is 1. The van der Waals surface area contributed by atoms with Crippen LogP contribution in [0.4, 0.5) is 0 Å². The summed E-state index contributed by atoms with van der Waals surface area (Å²) in [5.41, 5.74) is 1.82. The minimum Gasteiger partial charge on any atom is -0.484 e. The second-order valence-corrected chi connectivity index (χ2v) is 4.60. The first kappa shape index (κ1) is 13.6. The number of benzene rings is 1. The molecule has 0 fully saturated rings. The molecule has 0 bridgehead atoms. The lowest BCUT2D eigenvalue weighted by Gasteiger charge is -2.18. The van der Waals surface area contributed by atoms with Gasteiger partial charge in [0.05, 0.1) is 0 Å². The molecule has 0 saturated heterocycles. The fourth-order valence-electron chi connectivity index (χ4n) is 2.33. The summed E-state index contributed by atoms with van der Waals surface area (Å²) < 4.78 is 5.51. The molecule has 4 nitrogen and oxygen atoms in total. The summed E-state index contributed by atoms with van der Waals surface area (Å²) in [6.07, 6.45) is 1.35. The van der Waals surface area contributed by atoms with Crippen molar-refractivity contribution in [3.63, 3.8) is 0 Å². The SMILES string of the molecule is CCN(CC)C(=O)COc1ccc2c(c1)CCC2=O. The highest BCUT2D eigenvalue weighted by Crippen LogP contribution is 2.26. The number of aryl methyl sites for hydroxylation is 1. The quantitative estimate of drug-likeness (QED) is 0.815. The molecule has 1 aromatic carbocycles. The molecule has 1 amide bonds. The maximum atomic E-state index is 11.8. The third-order valence-electron chi connectivity index (χ3n) is 3.48. The highest BCUT2D eigenvalue weighted by atomic mass is 16.5. The van der Waals surface area contributed by atoms with E-state index < -0.39 is 0 Å². The third kappa shape index (κ3) is 2.95. The first-order valence-electron chi connectivity index (χ1n) is 6.72. The first-order valence-corrected chi connectivity index (χ1v) is 6.72. The van der Waals surface area contributed by atoms with E-state index in [1.165, 1.54) is 0 Å². The van der Waals surface area contributed by atoms with Gasteiger partial charge in [-0.15, -0.1) is 0 Å². The van der Waals surface area contributed by atoms with Gasteiger partial charge in [-0.2, -0.15) is 0 Å². The van der Waals surface area contributed by atoms with Crippen LogP contribution >= 0.6 is 0 Å². The van der Waals surface area contributed by atoms with Crippen molar-refractivity contribution < 1.29 is 14.3 Å². The Morgan fingerprint density at radius 2 is 2.00 bits per heavy atom. The maximum Gasteiger partial charge on any atom is 0.260 e. The van der Waals surface area contributed by atoms with Crippen molar-refractivity contribution >= 4 is 11.7 Å². The van der Waals surface area contributed by atoms with Gasteiger partial charge in [0, 0.05) is 25.1 Å². The Morgan fingerprint density at radius 3 is 2.68 bits per heavy atom. The van der Waals surface area contributed by atoms with Gasteiger partial charge in [0.1, 0.15) is 5.75 Å². The Balaban J connectivity index is 1.97. The van der Waals surface area contributed by atoms with E-state index >= 15 is 0 Å². The highest BCUT2D eigenvalue weighted by molar-refractivity contribution is 6.00. The molecule has 19 heavy (non-hydrogen) atoms. The minimum atomic E-state index is -0.0124. The normalized spacial score (nSPS) is 13.3. The number of carbonyl (C=O) groups excluding carboxylic acids is 2. The standard InChI is InChI=1S/C15H19NO3/c1-3-16(4-2)15(18)10-19-12-6-7-13-11(9-12)5-8-14(13)17/h6-7,9H,3-5,8,10H2,1-2H3. The van der Waals surface area contributed by atoms with Gasteiger partial charge < -0.3 is 9.64 Å². The molecule has 102 valence electrons. The van der Waals surface area contributed by atoms with Crippen LogP contribution in [0.1, 0.15) is 36.2 Å². The van der Waals surface area contributed by atoms with Crippen LogP contribution in [0.5, 0.6) is 5.75 Å². The van der Waals surface area contributed by atoms with Crippen LogP contribution in [0.3, 0.4) is 0 Å². The van der Waals surface area contributed by atoms with E-state index in [1.54, 1.807) is 17.0 Å². The number of ketones is 1.